The molecule has 1 nitrogen and oxygen atoms in total. The first-order valence-electron chi connectivity index (χ1n) is 4.21. The van der Waals surface area contributed by atoms with Crippen LogP contribution in [0.3, 0.4) is 0 Å². The molecular weight excluding hydrogens is 228 g/mol. The molecule has 2 heteroatoms. The zero-order valence-electron chi connectivity index (χ0n) is 8.44. The van der Waals surface area contributed by atoms with E-state index >= 15 is 0 Å². The molecule has 0 spiro atoms. The quantitative estimate of drug-likeness (QED) is 0.731. The number of halogens is 1. The van der Waals surface area contributed by atoms with Crippen LogP contribution in [0.4, 0.5) is 0 Å². The predicted molar refractivity (Wildman–Crippen MR) is 58.2 cm³/mol. The van der Waals surface area contributed by atoms with E-state index in [1.807, 2.05) is 6.07 Å². The van der Waals surface area contributed by atoms with Gasteiger partial charge in [0, 0.05) is 16.1 Å². The van der Waals surface area contributed by atoms with Crippen LogP contribution in [0.1, 0.15) is 26.3 Å². The summed E-state index contributed by atoms with van der Waals surface area (Å²) in [5.41, 5.74) is 1.30. The molecule has 0 aliphatic carbocycles. The van der Waals surface area contributed by atoms with Crippen molar-refractivity contribution in [2.24, 2.45) is 0 Å². The molecular formula is C11H14BrO. The second-order valence-corrected chi connectivity index (χ2v) is 4.87. The van der Waals surface area contributed by atoms with Gasteiger partial charge in [0.2, 0.25) is 0 Å². The number of rotatable bonds is 1. The van der Waals surface area contributed by atoms with Crippen LogP contribution >= 0.6 is 15.9 Å². The van der Waals surface area contributed by atoms with Gasteiger partial charge in [-0.3, -0.25) is 0 Å². The lowest BCUT2D eigenvalue weighted by Gasteiger charge is -2.22. The molecule has 1 aromatic rings. The SMILES string of the molecule is COc1c[c]c(Br)cc1C(C)(C)C. The van der Waals surface area contributed by atoms with Crippen molar-refractivity contribution in [3.8, 4) is 5.75 Å². The molecule has 0 bridgehead atoms. The van der Waals surface area contributed by atoms with E-state index in [2.05, 4.69) is 48.8 Å². The molecule has 0 unspecified atom stereocenters. The molecule has 1 rings (SSSR count). The number of methoxy groups -OCH3 is 1. The Balaban J connectivity index is 3.24. The lowest BCUT2D eigenvalue weighted by atomic mass is 9.86. The fourth-order valence-corrected chi connectivity index (χ4v) is 1.55. The fourth-order valence-electron chi connectivity index (χ4n) is 1.21. The van der Waals surface area contributed by atoms with E-state index in [4.69, 9.17) is 4.74 Å². The van der Waals surface area contributed by atoms with Gasteiger partial charge in [-0.2, -0.15) is 0 Å². The summed E-state index contributed by atoms with van der Waals surface area (Å²) >= 11 is 3.41. The number of hydrogen-bond acceptors (Lipinski definition) is 1. The average Bonchev–Trinajstić information content (AvgIpc) is 2.03. The molecule has 0 aromatic heterocycles. The maximum absolute atomic E-state index is 5.27. The van der Waals surface area contributed by atoms with Crippen molar-refractivity contribution in [1.29, 1.82) is 0 Å². The van der Waals surface area contributed by atoms with Gasteiger partial charge in [0.1, 0.15) is 5.75 Å². The molecule has 0 fully saturated rings. The lowest BCUT2D eigenvalue weighted by Crippen LogP contribution is -2.12. The van der Waals surface area contributed by atoms with Gasteiger partial charge in [-0.25, -0.2) is 0 Å². The van der Waals surface area contributed by atoms with E-state index in [0.29, 0.717) is 0 Å². The van der Waals surface area contributed by atoms with Crippen LogP contribution in [0.25, 0.3) is 0 Å². The Kier molecular flexibility index (Phi) is 3.01. The van der Waals surface area contributed by atoms with E-state index < -0.39 is 0 Å². The van der Waals surface area contributed by atoms with Crippen LogP contribution in [0.2, 0.25) is 0 Å². The Labute approximate surface area is 88.2 Å². The zero-order valence-corrected chi connectivity index (χ0v) is 10.0. The lowest BCUT2D eigenvalue weighted by molar-refractivity contribution is 0.397. The van der Waals surface area contributed by atoms with Crippen molar-refractivity contribution in [3.63, 3.8) is 0 Å². The van der Waals surface area contributed by atoms with Crippen molar-refractivity contribution in [2.45, 2.75) is 26.2 Å². The summed E-state index contributed by atoms with van der Waals surface area (Å²) in [6.07, 6.45) is 0. The normalized spacial score (nSPS) is 11.5. The van der Waals surface area contributed by atoms with E-state index in [0.717, 1.165) is 10.2 Å². The summed E-state index contributed by atoms with van der Waals surface area (Å²) in [4.78, 5) is 0. The van der Waals surface area contributed by atoms with Crippen molar-refractivity contribution in [2.75, 3.05) is 7.11 Å². The van der Waals surface area contributed by atoms with Gasteiger partial charge in [0.05, 0.1) is 7.11 Å². The van der Waals surface area contributed by atoms with Crippen molar-refractivity contribution >= 4 is 15.9 Å². The summed E-state index contributed by atoms with van der Waals surface area (Å²) < 4.78 is 6.25. The molecule has 13 heavy (non-hydrogen) atoms. The first kappa shape index (κ1) is 10.6. The Bertz CT molecular complexity index is 299. The van der Waals surface area contributed by atoms with Gasteiger partial charge >= 0.3 is 0 Å². The average molecular weight is 242 g/mol. The Morgan fingerprint density at radius 2 is 2.00 bits per heavy atom. The van der Waals surface area contributed by atoms with E-state index in [-0.39, 0.29) is 5.41 Å². The summed E-state index contributed by atoms with van der Waals surface area (Å²) in [7, 11) is 1.69. The maximum atomic E-state index is 5.27. The van der Waals surface area contributed by atoms with Gasteiger partial charge in [0.15, 0.2) is 0 Å². The first-order chi connectivity index (χ1) is 5.95. The molecule has 0 saturated carbocycles. The molecule has 0 heterocycles. The van der Waals surface area contributed by atoms with Crippen LogP contribution in [0, 0.1) is 6.07 Å². The van der Waals surface area contributed by atoms with Crippen molar-refractivity contribution in [1.82, 2.24) is 0 Å². The summed E-state index contributed by atoms with van der Waals surface area (Å²) in [6, 6.07) is 6.98. The second-order valence-electron chi connectivity index (χ2n) is 4.01. The minimum absolute atomic E-state index is 0.100. The Morgan fingerprint density at radius 3 is 2.46 bits per heavy atom. The van der Waals surface area contributed by atoms with Crippen LogP contribution in [-0.2, 0) is 5.41 Å². The number of hydrogen-bond donors (Lipinski definition) is 0. The van der Waals surface area contributed by atoms with E-state index in [1.54, 1.807) is 7.11 Å². The highest BCUT2D eigenvalue weighted by Crippen LogP contribution is 2.32. The molecule has 0 amide bonds. The second kappa shape index (κ2) is 3.70. The molecule has 0 aliphatic heterocycles. The van der Waals surface area contributed by atoms with Crippen LogP contribution in [0.15, 0.2) is 16.6 Å². The standard InChI is InChI=1S/C11H14BrO/c1-11(2,3)9-7-8(12)5-6-10(9)13-4/h6-7H,1-4H3. The molecule has 0 N–H and O–H groups in total. The number of benzene rings is 1. The zero-order chi connectivity index (χ0) is 10.1. The number of ether oxygens (including phenoxy) is 1. The maximum Gasteiger partial charge on any atom is 0.123 e. The third-order valence-corrected chi connectivity index (χ3v) is 2.36. The Hall–Kier alpha value is -0.500. The monoisotopic (exact) mass is 241 g/mol. The van der Waals surface area contributed by atoms with Crippen LogP contribution in [-0.4, -0.2) is 7.11 Å². The van der Waals surface area contributed by atoms with Crippen LogP contribution in [0.5, 0.6) is 5.75 Å². The van der Waals surface area contributed by atoms with E-state index in [9.17, 15) is 0 Å². The van der Waals surface area contributed by atoms with Crippen LogP contribution < -0.4 is 4.74 Å². The highest BCUT2D eigenvalue weighted by molar-refractivity contribution is 9.10. The largest absolute Gasteiger partial charge is 0.496 e. The first-order valence-corrected chi connectivity index (χ1v) is 5.00. The topological polar surface area (TPSA) is 9.23 Å². The molecule has 1 radical (unpaired) electrons. The minimum Gasteiger partial charge on any atom is -0.496 e. The highest BCUT2D eigenvalue weighted by Gasteiger charge is 2.18. The van der Waals surface area contributed by atoms with E-state index in [1.165, 1.54) is 5.56 Å². The third kappa shape index (κ3) is 2.47. The summed E-state index contributed by atoms with van der Waals surface area (Å²) in [5.74, 6) is 0.899. The predicted octanol–water partition coefficient (Wildman–Crippen LogP) is 3.56. The summed E-state index contributed by atoms with van der Waals surface area (Å²) in [5, 5.41) is 0. The Morgan fingerprint density at radius 1 is 1.38 bits per heavy atom. The highest BCUT2D eigenvalue weighted by atomic mass is 79.9. The molecule has 1 aromatic carbocycles. The van der Waals surface area contributed by atoms with Crippen molar-refractivity contribution < 1.29 is 4.74 Å². The van der Waals surface area contributed by atoms with Gasteiger partial charge in [0.25, 0.3) is 0 Å². The molecule has 0 aliphatic rings. The van der Waals surface area contributed by atoms with Gasteiger partial charge in [-0.1, -0.05) is 36.7 Å². The smallest absolute Gasteiger partial charge is 0.123 e. The third-order valence-electron chi connectivity index (χ3n) is 1.91. The van der Waals surface area contributed by atoms with Gasteiger partial charge in [-0.05, 0) is 17.5 Å². The van der Waals surface area contributed by atoms with Crippen molar-refractivity contribution in [3.05, 3.63) is 28.2 Å². The minimum atomic E-state index is 0.100. The molecule has 0 atom stereocenters. The fraction of sp³-hybridized carbons (Fsp3) is 0.455. The summed E-state index contributed by atoms with van der Waals surface area (Å²) in [6.45, 7) is 6.49. The molecule has 71 valence electrons. The van der Waals surface area contributed by atoms with Gasteiger partial charge < -0.3 is 4.74 Å². The molecule has 0 saturated heterocycles. The van der Waals surface area contributed by atoms with Gasteiger partial charge in [-0.15, -0.1) is 0 Å².